The summed E-state index contributed by atoms with van der Waals surface area (Å²) in [4.78, 5) is 53.0. The molecule has 3 aliphatic rings. The molecular formula is C28H35N3O10. The van der Waals surface area contributed by atoms with Gasteiger partial charge in [-0.15, -0.1) is 0 Å². The number of likely N-dealkylation sites (N-methyl/N-ethyl adjacent to an activating group) is 1. The number of phenolic OH excluding ortho intramolecular Hbond substituents is 1. The van der Waals surface area contributed by atoms with E-state index in [2.05, 4.69) is 5.32 Å². The van der Waals surface area contributed by atoms with Crippen molar-refractivity contribution in [3.8, 4) is 5.75 Å². The molecule has 0 radical (unpaired) electrons. The fourth-order valence-electron chi connectivity index (χ4n) is 6.15. The maximum absolute atomic E-state index is 14.0. The first-order chi connectivity index (χ1) is 18.9. The molecule has 4 rings (SSSR count). The third kappa shape index (κ3) is 4.44. The molecule has 2 amide bonds. The molecule has 0 aromatic heterocycles. The summed E-state index contributed by atoms with van der Waals surface area (Å²) in [5.41, 5.74) is 0.385. The average Bonchev–Trinajstić information content (AvgIpc) is 2.85. The number of anilines is 1. The predicted molar refractivity (Wildman–Crippen MR) is 145 cm³/mol. The highest BCUT2D eigenvalue weighted by Crippen LogP contribution is 2.56. The van der Waals surface area contributed by atoms with E-state index in [1.54, 1.807) is 6.92 Å². The van der Waals surface area contributed by atoms with E-state index < -0.39 is 87.5 Å². The quantitative estimate of drug-likeness (QED) is 0.200. The third-order valence-corrected chi connectivity index (χ3v) is 8.00. The first-order valence-electron chi connectivity index (χ1n) is 13.0. The minimum absolute atomic E-state index is 0.0748. The van der Waals surface area contributed by atoms with Crippen LogP contribution in [0.4, 0.5) is 10.5 Å². The number of nitrogens with one attached hydrogen (secondary N) is 1. The lowest BCUT2D eigenvalue weighted by Crippen LogP contribution is -2.70. The van der Waals surface area contributed by atoms with Crippen LogP contribution in [0.25, 0.3) is 5.76 Å². The summed E-state index contributed by atoms with van der Waals surface area (Å²) in [6.45, 7) is 7.26. The van der Waals surface area contributed by atoms with E-state index in [1.165, 1.54) is 31.1 Å². The molecule has 222 valence electrons. The summed E-state index contributed by atoms with van der Waals surface area (Å²) in [7, 11) is 2.87. The number of aliphatic hydroxyl groups is 4. The molecule has 8 N–H and O–H groups in total. The molecule has 1 aromatic carbocycles. The van der Waals surface area contributed by atoms with Gasteiger partial charge in [-0.25, -0.2) is 4.79 Å². The van der Waals surface area contributed by atoms with Crippen LogP contribution in [0.2, 0.25) is 0 Å². The molecule has 41 heavy (non-hydrogen) atoms. The van der Waals surface area contributed by atoms with Crippen molar-refractivity contribution in [3.63, 3.8) is 0 Å². The Labute approximate surface area is 235 Å². The number of aliphatic hydroxyl groups excluding tert-OH is 3. The summed E-state index contributed by atoms with van der Waals surface area (Å²) in [6, 6.07) is 1.42. The van der Waals surface area contributed by atoms with E-state index in [1.807, 2.05) is 20.8 Å². The van der Waals surface area contributed by atoms with Crippen molar-refractivity contribution in [2.75, 3.05) is 26.0 Å². The van der Waals surface area contributed by atoms with Crippen molar-refractivity contribution < 1.29 is 49.4 Å². The lowest BCUT2D eigenvalue weighted by Gasteiger charge is -2.53. The van der Waals surface area contributed by atoms with Gasteiger partial charge in [0.05, 0.1) is 35.9 Å². The molecule has 0 saturated heterocycles. The van der Waals surface area contributed by atoms with Crippen molar-refractivity contribution >= 4 is 35.0 Å². The molecule has 1 aromatic rings. The van der Waals surface area contributed by atoms with Crippen molar-refractivity contribution in [2.24, 2.45) is 23.0 Å². The number of hydrogen-bond acceptors (Lipinski definition) is 11. The zero-order valence-corrected chi connectivity index (χ0v) is 23.6. The zero-order chi connectivity index (χ0) is 30.9. The number of primary amides is 1. The van der Waals surface area contributed by atoms with E-state index >= 15 is 0 Å². The second-order valence-electron chi connectivity index (χ2n) is 12.2. The van der Waals surface area contributed by atoms with Crippen LogP contribution in [0.15, 0.2) is 29.0 Å². The fraction of sp³-hybridized carbons (Fsp3) is 0.500. The van der Waals surface area contributed by atoms with Crippen molar-refractivity contribution in [3.05, 3.63) is 40.2 Å². The molecule has 0 aliphatic heterocycles. The molecule has 3 aliphatic carbocycles. The Morgan fingerprint density at radius 2 is 1.76 bits per heavy atom. The average molecular weight is 574 g/mol. The van der Waals surface area contributed by atoms with Gasteiger partial charge >= 0.3 is 6.09 Å². The van der Waals surface area contributed by atoms with E-state index in [9.17, 15) is 44.7 Å². The van der Waals surface area contributed by atoms with Crippen LogP contribution >= 0.6 is 0 Å². The number of nitrogens with zero attached hydrogens (tertiary/aromatic N) is 1. The number of Topliss-reactive ketones (excluding diaryl/α,β-unsaturated/α-hetero) is 2. The lowest BCUT2D eigenvalue weighted by molar-refractivity contribution is -0.169. The molecule has 1 fully saturated rings. The number of benzene rings is 1. The smallest absolute Gasteiger partial charge is 0.411 e. The van der Waals surface area contributed by atoms with Gasteiger partial charge < -0.3 is 36.0 Å². The van der Waals surface area contributed by atoms with Crippen LogP contribution in [-0.2, 0) is 19.1 Å². The molecule has 4 unspecified atom stereocenters. The van der Waals surface area contributed by atoms with Gasteiger partial charge in [0.15, 0.2) is 11.4 Å². The number of fused-ring (bicyclic) bond motifs is 3. The van der Waals surface area contributed by atoms with Gasteiger partial charge in [-0.3, -0.25) is 24.6 Å². The fourth-order valence-corrected chi connectivity index (χ4v) is 6.15. The van der Waals surface area contributed by atoms with Gasteiger partial charge in [0.1, 0.15) is 22.8 Å². The number of aromatic hydroxyl groups is 1. The molecule has 0 heterocycles. The zero-order valence-electron chi connectivity index (χ0n) is 23.6. The van der Waals surface area contributed by atoms with Crippen LogP contribution in [0.3, 0.4) is 0 Å². The number of ketones is 2. The molecule has 0 spiro atoms. The highest BCUT2D eigenvalue weighted by molar-refractivity contribution is 6.24. The van der Waals surface area contributed by atoms with Gasteiger partial charge in [-0.05, 0) is 37.1 Å². The van der Waals surface area contributed by atoms with Crippen LogP contribution < -0.4 is 11.1 Å². The first kappa shape index (κ1) is 30.0. The Hall–Kier alpha value is -3.94. The maximum Gasteiger partial charge on any atom is 0.411 e. The van der Waals surface area contributed by atoms with E-state index in [0.717, 1.165) is 0 Å². The molecule has 13 nitrogen and oxygen atoms in total. The second-order valence-corrected chi connectivity index (χ2v) is 12.2. The minimum atomic E-state index is -3.01. The molecular weight excluding hydrogens is 538 g/mol. The van der Waals surface area contributed by atoms with Crippen molar-refractivity contribution in [1.82, 2.24) is 4.90 Å². The highest BCUT2D eigenvalue weighted by Gasteiger charge is 2.68. The highest BCUT2D eigenvalue weighted by atomic mass is 16.5. The normalized spacial score (nSPS) is 29.6. The third-order valence-electron chi connectivity index (χ3n) is 8.00. The van der Waals surface area contributed by atoms with Gasteiger partial charge in [0.2, 0.25) is 5.78 Å². The summed E-state index contributed by atoms with van der Waals surface area (Å²) in [5.74, 6) is -9.97. The van der Waals surface area contributed by atoms with Gasteiger partial charge in [0, 0.05) is 11.5 Å². The number of hydrogen-bond donors (Lipinski definition) is 7. The van der Waals surface area contributed by atoms with Crippen molar-refractivity contribution in [1.29, 1.82) is 0 Å². The SMILES string of the molecule is CC1c2ccc(NC(=O)OCC(C)(C)C)c(O)c2C(O)=C2C(=O)[C@]3(O)C(O)=C(C(N)=O)C(=O)[C@@H](N(C)C)C3C(O)C21. The Kier molecular flexibility index (Phi) is 7.22. The topological polar surface area (TPSA) is 220 Å². The van der Waals surface area contributed by atoms with Crippen LogP contribution in [-0.4, -0.2) is 92.4 Å². The summed E-state index contributed by atoms with van der Waals surface area (Å²) >= 11 is 0. The lowest BCUT2D eigenvalue weighted by atomic mass is 9.54. The van der Waals surface area contributed by atoms with Crippen LogP contribution in [0.5, 0.6) is 5.75 Å². The standard InChI is InChI=1S/C28H35N3O10/c1-10-11-7-8-12(30-26(39)41-9-27(2,3)4)19(32)14(11)20(33)15-13(10)21(34)17-18(31(5)6)22(35)16(25(29)38)24(37)28(17,40)23(15)36/h7-8,10,13,17-18,21,32-34,37,40H,9H2,1-6H3,(H2,29,38)(H,30,39)/t10?,13?,17?,18-,21?,28-/m0/s1. The Balaban J connectivity index is 1.88. The number of rotatable bonds is 4. The number of carbonyl (C=O) groups is 4. The Morgan fingerprint density at radius 3 is 2.29 bits per heavy atom. The number of carbonyl (C=O) groups excluding carboxylic acids is 4. The number of amides is 2. The number of phenols is 1. The van der Waals surface area contributed by atoms with E-state index in [4.69, 9.17) is 10.5 Å². The maximum atomic E-state index is 14.0. The molecule has 1 saturated carbocycles. The monoisotopic (exact) mass is 573 g/mol. The Morgan fingerprint density at radius 1 is 1.15 bits per heavy atom. The van der Waals surface area contributed by atoms with Gasteiger partial charge in [0.25, 0.3) is 5.91 Å². The van der Waals surface area contributed by atoms with Gasteiger partial charge in [-0.2, -0.15) is 0 Å². The number of ether oxygens (including phenoxy) is 1. The van der Waals surface area contributed by atoms with E-state index in [0.29, 0.717) is 5.56 Å². The second kappa shape index (κ2) is 9.86. The molecule has 13 heteroatoms. The minimum Gasteiger partial charge on any atom is -0.508 e. The van der Waals surface area contributed by atoms with Gasteiger partial charge in [-0.1, -0.05) is 33.8 Å². The largest absolute Gasteiger partial charge is 0.508 e. The van der Waals surface area contributed by atoms with E-state index in [-0.39, 0.29) is 23.3 Å². The number of nitrogens with two attached hydrogens (primary N) is 1. The summed E-state index contributed by atoms with van der Waals surface area (Å²) in [6.07, 6.45) is -2.57. The first-order valence-corrected chi connectivity index (χ1v) is 13.0. The Bertz CT molecular complexity index is 1420. The summed E-state index contributed by atoms with van der Waals surface area (Å²) in [5, 5.41) is 59.1. The predicted octanol–water partition coefficient (Wildman–Crippen LogP) is 1.09. The molecule has 6 atom stereocenters. The molecule has 0 bridgehead atoms. The van der Waals surface area contributed by atoms with Crippen LogP contribution in [0.1, 0.15) is 44.7 Å². The van der Waals surface area contributed by atoms with Crippen LogP contribution in [0, 0.1) is 17.3 Å². The van der Waals surface area contributed by atoms with Crippen molar-refractivity contribution in [2.45, 2.75) is 51.4 Å². The summed E-state index contributed by atoms with van der Waals surface area (Å²) < 4.78 is 5.17.